The fraction of sp³-hybridized carbons (Fsp3) is 0.143. The third kappa shape index (κ3) is 4.55. The Labute approximate surface area is 151 Å². The van der Waals surface area contributed by atoms with E-state index in [1.165, 1.54) is 18.2 Å². The molecule has 10 heteroatoms. The number of alkyl halides is 3. The topological polar surface area (TPSA) is 46.2 Å². The Hall–Kier alpha value is -0.990. The zero-order chi connectivity index (χ0) is 18.1. The lowest BCUT2D eigenvalue weighted by atomic mass is 10.1. The van der Waals surface area contributed by atoms with Gasteiger partial charge in [0.2, 0.25) is 10.0 Å². The highest BCUT2D eigenvalue weighted by atomic mass is 35.5. The molecule has 2 aromatic rings. The normalized spacial score (nSPS) is 12.4. The number of benzene rings is 2. The highest BCUT2D eigenvalue weighted by Crippen LogP contribution is 2.35. The first-order valence-electron chi connectivity index (χ1n) is 6.31. The molecule has 0 spiro atoms. The molecule has 1 N–H and O–H groups in total. The molecule has 130 valence electrons. The van der Waals surface area contributed by atoms with Crippen molar-refractivity contribution in [2.45, 2.75) is 17.6 Å². The van der Waals surface area contributed by atoms with Gasteiger partial charge in [-0.2, -0.15) is 13.2 Å². The summed E-state index contributed by atoms with van der Waals surface area (Å²) in [5, 5.41) is -0.230. The Morgan fingerprint density at radius 2 is 1.54 bits per heavy atom. The summed E-state index contributed by atoms with van der Waals surface area (Å²) < 4.78 is 64.9. The van der Waals surface area contributed by atoms with Crippen LogP contribution in [-0.2, 0) is 22.7 Å². The van der Waals surface area contributed by atoms with Crippen LogP contribution >= 0.6 is 34.8 Å². The molecular weight excluding hydrogens is 410 g/mol. The summed E-state index contributed by atoms with van der Waals surface area (Å²) in [7, 11) is -3.96. The molecule has 0 fully saturated rings. The van der Waals surface area contributed by atoms with Crippen molar-refractivity contribution in [3.8, 4) is 0 Å². The summed E-state index contributed by atoms with van der Waals surface area (Å²) in [5.41, 5.74) is -0.925. The number of hydrogen-bond acceptors (Lipinski definition) is 2. The van der Waals surface area contributed by atoms with Crippen LogP contribution in [0.1, 0.15) is 11.1 Å². The van der Waals surface area contributed by atoms with Gasteiger partial charge >= 0.3 is 6.18 Å². The van der Waals surface area contributed by atoms with Crippen LogP contribution in [0.5, 0.6) is 0 Å². The minimum absolute atomic E-state index is 0.0467. The molecule has 0 aromatic heterocycles. The summed E-state index contributed by atoms with van der Waals surface area (Å²) in [4.78, 5) is -0.151. The molecular formula is C14H9Cl3F3NO2S. The summed E-state index contributed by atoms with van der Waals surface area (Å²) >= 11 is 17.0. The van der Waals surface area contributed by atoms with Crippen molar-refractivity contribution in [3.63, 3.8) is 0 Å². The molecule has 0 aliphatic carbocycles. The highest BCUT2D eigenvalue weighted by molar-refractivity contribution is 7.89. The smallest absolute Gasteiger partial charge is 0.207 e. The van der Waals surface area contributed by atoms with Gasteiger partial charge in [-0.15, -0.1) is 0 Å². The highest BCUT2D eigenvalue weighted by Gasteiger charge is 2.33. The van der Waals surface area contributed by atoms with Crippen molar-refractivity contribution < 1.29 is 21.6 Å². The van der Waals surface area contributed by atoms with E-state index in [-0.39, 0.29) is 27.0 Å². The molecule has 0 aliphatic heterocycles. The van der Waals surface area contributed by atoms with E-state index in [9.17, 15) is 21.6 Å². The van der Waals surface area contributed by atoms with E-state index in [0.717, 1.165) is 18.2 Å². The number of halogens is 6. The minimum Gasteiger partial charge on any atom is -0.207 e. The molecule has 0 radical (unpaired) electrons. The van der Waals surface area contributed by atoms with Crippen LogP contribution in [0, 0.1) is 0 Å². The van der Waals surface area contributed by atoms with Gasteiger partial charge in [-0.3, -0.25) is 0 Å². The Bertz CT molecular complexity index is 870. The second kappa shape index (κ2) is 7.09. The van der Waals surface area contributed by atoms with Crippen LogP contribution in [0.25, 0.3) is 0 Å². The minimum atomic E-state index is -4.63. The Balaban J connectivity index is 2.22. The van der Waals surface area contributed by atoms with Crippen LogP contribution < -0.4 is 4.72 Å². The molecule has 0 saturated heterocycles. The van der Waals surface area contributed by atoms with Gasteiger partial charge in [-0.1, -0.05) is 40.9 Å². The predicted molar refractivity (Wildman–Crippen MR) is 86.9 cm³/mol. The largest absolute Gasteiger partial charge is 0.417 e. The van der Waals surface area contributed by atoms with Crippen molar-refractivity contribution in [1.82, 2.24) is 4.72 Å². The molecule has 3 nitrogen and oxygen atoms in total. The number of sulfonamides is 1. The SMILES string of the molecule is O=S(=O)(NCc1ccc(Cl)c(C(F)(F)F)c1)c1ccc(Cl)c(Cl)c1. The van der Waals surface area contributed by atoms with Gasteiger partial charge in [0.1, 0.15) is 0 Å². The first kappa shape index (κ1) is 19.3. The van der Waals surface area contributed by atoms with Crippen molar-refractivity contribution in [2.75, 3.05) is 0 Å². The Kier molecular flexibility index (Phi) is 5.71. The maximum absolute atomic E-state index is 12.8. The molecule has 2 rings (SSSR count). The molecule has 0 amide bonds. The lowest BCUT2D eigenvalue weighted by Crippen LogP contribution is -2.23. The molecule has 0 aliphatic rings. The van der Waals surface area contributed by atoms with Crippen molar-refractivity contribution in [2.24, 2.45) is 0 Å². The van der Waals surface area contributed by atoms with Crippen molar-refractivity contribution in [3.05, 3.63) is 62.6 Å². The van der Waals surface area contributed by atoms with Crippen molar-refractivity contribution >= 4 is 44.8 Å². The van der Waals surface area contributed by atoms with Gasteiger partial charge in [-0.25, -0.2) is 13.1 Å². The van der Waals surface area contributed by atoms with E-state index in [4.69, 9.17) is 34.8 Å². The second-order valence-electron chi connectivity index (χ2n) is 4.71. The predicted octanol–water partition coefficient (Wildman–Crippen LogP) is 5.14. The number of rotatable bonds is 4. The summed E-state index contributed by atoms with van der Waals surface area (Å²) in [6, 6.07) is 6.85. The van der Waals surface area contributed by atoms with Crippen molar-refractivity contribution in [1.29, 1.82) is 0 Å². The summed E-state index contributed by atoms with van der Waals surface area (Å²) in [6.45, 7) is -0.344. The van der Waals surface area contributed by atoms with Gasteiger partial charge in [0.05, 0.1) is 25.5 Å². The maximum atomic E-state index is 12.8. The van der Waals surface area contributed by atoms with Crippen LogP contribution in [0.2, 0.25) is 15.1 Å². The van der Waals surface area contributed by atoms with E-state index in [2.05, 4.69) is 4.72 Å². The van der Waals surface area contributed by atoms with Gasteiger partial charge < -0.3 is 0 Å². The average molecular weight is 419 g/mol. The quantitative estimate of drug-likeness (QED) is 0.747. The molecule has 0 unspecified atom stereocenters. The fourth-order valence-corrected chi connectivity index (χ4v) is 3.44. The second-order valence-corrected chi connectivity index (χ2v) is 7.70. The van der Waals surface area contributed by atoms with Gasteiger partial charge in [0.25, 0.3) is 0 Å². The van der Waals surface area contributed by atoms with Crippen LogP contribution in [0.15, 0.2) is 41.3 Å². The Morgan fingerprint density at radius 3 is 2.12 bits per heavy atom. The van der Waals surface area contributed by atoms with Crippen LogP contribution in [-0.4, -0.2) is 8.42 Å². The number of hydrogen-bond donors (Lipinski definition) is 1. The molecule has 24 heavy (non-hydrogen) atoms. The summed E-state index contributed by atoms with van der Waals surface area (Å²) in [5.74, 6) is 0. The molecule has 2 aromatic carbocycles. The first-order chi connectivity index (χ1) is 11.0. The third-order valence-electron chi connectivity index (χ3n) is 3.00. The maximum Gasteiger partial charge on any atom is 0.417 e. The van der Waals surface area contributed by atoms with E-state index in [1.807, 2.05) is 0 Å². The Morgan fingerprint density at radius 1 is 0.917 bits per heavy atom. The molecule has 0 atom stereocenters. The summed E-state index contributed by atoms with van der Waals surface area (Å²) in [6.07, 6.45) is -4.63. The lowest BCUT2D eigenvalue weighted by molar-refractivity contribution is -0.137. The zero-order valence-corrected chi connectivity index (χ0v) is 14.7. The first-order valence-corrected chi connectivity index (χ1v) is 8.93. The third-order valence-corrected chi connectivity index (χ3v) is 5.47. The van der Waals surface area contributed by atoms with Gasteiger partial charge in [0, 0.05) is 6.54 Å². The zero-order valence-electron chi connectivity index (χ0n) is 11.7. The molecule has 0 heterocycles. The van der Waals surface area contributed by atoms with E-state index < -0.39 is 26.8 Å². The number of nitrogens with one attached hydrogen (secondary N) is 1. The van der Waals surface area contributed by atoms with Crippen LogP contribution in [0.3, 0.4) is 0 Å². The standard InChI is InChI=1S/C14H9Cl3F3NO2S/c15-11-3-1-8(5-10(11)14(18,19)20)7-21-24(22,23)9-2-4-12(16)13(17)6-9/h1-6,21H,7H2. The monoisotopic (exact) mass is 417 g/mol. The van der Waals surface area contributed by atoms with Crippen LogP contribution in [0.4, 0.5) is 13.2 Å². The van der Waals surface area contributed by atoms with E-state index in [0.29, 0.717) is 0 Å². The van der Waals surface area contributed by atoms with Gasteiger partial charge in [-0.05, 0) is 35.9 Å². The van der Waals surface area contributed by atoms with E-state index >= 15 is 0 Å². The molecule has 0 saturated carbocycles. The lowest BCUT2D eigenvalue weighted by Gasteiger charge is -2.12. The van der Waals surface area contributed by atoms with Gasteiger partial charge in [0.15, 0.2) is 0 Å². The fourth-order valence-electron chi connectivity index (χ4n) is 1.81. The average Bonchev–Trinajstić information content (AvgIpc) is 2.48. The van der Waals surface area contributed by atoms with E-state index in [1.54, 1.807) is 0 Å². The molecule has 0 bridgehead atoms.